The van der Waals surface area contributed by atoms with Gasteiger partial charge in [0.25, 0.3) is 5.56 Å². The third-order valence-electron chi connectivity index (χ3n) is 4.03. The first-order chi connectivity index (χ1) is 10.5. The van der Waals surface area contributed by atoms with Gasteiger partial charge in [0.15, 0.2) is 5.16 Å². The lowest BCUT2D eigenvalue weighted by atomic mass is 9.89. The maximum atomic E-state index is 12.8. The van der Waals surface area contributed by atoms with Gasteiger partial charge in [0.2, 0.25) is 6.43 Å². The van der Waals surface area contributed by atoms with Crippen LogP contribution in [-0.2, 0) is 19.4 Å². The van der Waals surface area contributed by atoms with Gasteiger partial charge in [0, 0.05) is 11.4 Å². The number of aromatic nitrogens is 2. The molecule has 1 aliphatic rings. The van der Waals surface area contributed by atoms with Crippen molar-refractivity contribution in [3.63, 3.8) is 0 Å². The summed E-state index contributed by atoms with van der Waals surface area (Å²) < 4.78 is 26.5. The average Bonchev–Trinajstić information content (AvgIpc) is 2.82. The molecule has 7 heteroatoms. The van der Waals surface area contributed by atoms with Gasteiger partial charge in [-0.3, -0.25) is 9.36 Å². The molecule has 1 unspecified atom stereocenters. The summed E-state index contributed by atoms with van der Waals surface area (Å²) in [5.74, 6) is 0.293. The minimum atomic E-state index is -2.40. The van der Waals surface area contributed by atoms with Crippen molar-refractivity contribution >= 4 is 33.3 Å². The van der Waals surface area contributed by atoms with Crippen LogP contribution in [0.25, 0.3) is 10.2 Å². The van der Waals surface area contributed by atoms with Crippen molar-refractivity contribution in [3.8, 4) is 0 Å². The van der Waals surface area contributed by atoms with Gasteiger partial charge in [-0.25, -0.2) is 13.8 Å². The monoisotopic (exact) mass is 344 g/mol. The molecular weight excluding hydrogens is 326 g/mol. The number of hydrogen-bond donors (Lipinski definition) is 0. The van der Waals surface area contributed by atoms with Crippen LogP contribution in [0.1, 0.15) is 30.7 Å². The summed E-state index contributed by atoms with van der Waals surface area (Å²) in [6.45, 7) is 4.52. The predicted octanol–water partition coefficient (Wildman–Crippen LogP) is 3.96. The number of hydrogen-bond acceptors (Lipinski definition) is 4. The number of thioether (sulfide) groups is 1. The minimum absolute atomic E-state index is 0.0729. The van der Waals surface area contributed by atoms with Gasteiger partial charge in [-0.2, -0.15) is 0 Å². The number of aryl methyl sites for hydroxylation is 1. The van der Waals surface area contributed by atoms with Gasteiger partial charge in [0.1, 0.15) is 4.83 Å². The van der Waals surface area contributed by atoms with Crippen molar-refractivity contribution in [3.05, 3.63) is 20.8 Å². The lowest BCUT2D eigenvalue weighted by Crippen LogP contribution is -2.23. The second kappa shape index (κ2) is 6.28. The van der Waals surface area contributed by atoms with Crippen LogP contribution < -0.4 is 5.56 Å². The molecule has 0 aromatic carbocycles. The van der Waals surface area contributed by atoms with Gasteiger partial charge in [-0.05, 0) is 37.7 Å². The van der Waals surface area contributed by atoms with E-state index in [1.165, 1.54) is 9.44 Å². The van der Waals surface area contributed by atoms with Crippen LogP contribution in [0, 0.1) is 5.92 Å². The molecule has 3 rings (SSSR count). The van der Waals surface area contributed by atoms with Crippen LogP contribution in [0.2, 0.25) is 0 Å². The highest BCUT2D eigenvalue weighted by atomic mass is 32.2. The molecule has 0 N–H and O–H groups in total. The Morgan fingerprint density at radius 1 is 1.50 bits per heavy atom. The van der Waals surface area contributed by atoms with E-state index in [0.29, 0.717) is 22.4 Å². The van der Waals surface area contributed by atoms with Crippen LogP contribution in [0.4, 0.5) is 8.78 Å². The molecule has 22 heavy (non-hydrogen) atoms. The van der Waals surface area contributed by atoms with E-state index in [0.717, 1.165) is 42.0 Å². The van der Waals surface area contributed by atoms with Crippen molar-refractivity contribution in [2.75, 3.05) is 5.75 Å². The zero-order chi connectivity index (χ0) is 15.9. The Kier molecular flexibility index (Phi) is 4.54. The highest BCUT2D eigenvalue weighted by molar-refractivity contribution is 7.99. The van der Waals surface area contributed by atoms with Crippen molar-refractivity contribution < 1.29 is 8.78 Å². The fraction of sp³-hybridized carbons (Fsp3) is 0.600. The second-order valence-corrected chi connectivity index (χ2v) is 7.75. The molecule has 1 aliphatic carbocycles. The van der Waals surface area contributed by atoms with E-state index < -0.39 is 6.43 Å². The third-order valence-corrected chi connectivity index (χ3v) is 6.17. The summed E-state index contributed by atoms with van der Waals surface area (Å²) in [5.41, 5.74) is 1.07. The molecule has 0 spiro atoms. The maximum Gasteiger partial charge on any atom is 0.263 e. The Balaban J connectivity index is 2.14. The Bertz CT molecular complexity index is 754. The van der Waals surface area contributed by atoms with Crippen molar-refractivity contribution in [1.82, 2.24) is 9.55 Å². The second-order valence-electron chi connectivity index (χ2n) is 5.68. The molecular formula is C15H18F2N2OS2. The largest absolute Gasteiger partial charge is 0.287 e. The quantitative estimate of drug-likeness (QED) is 0.622. The molecule has 0 aliphatic heterocycles. The van der Waals surface area contributed by atoms with E-state index in [1.54, 1.807) is 11.3 Å². The first kappa shape index (κ1) is 15.9. The summed E-state index contributed by atoms with van der Waals surface area (Å²) in [6.07, 6.45) is 0.592. The molecule has 2 heterocycles. The molecule has 0 saturated heterocycles. The molecule has 0 saturated carbocycles. The van der Waals surface area contributed by atoms with Gasteiger partial charge in [-0.15, -0.1) is 11.3 Å². The first-order valence-corrected chi connectivity index (χ1v) is 9.27. The summed E-state index contributed by atoms with van der Waals surface area (Å²) in [5, 5.41) is 1.13. The zero-order valence-corrected chi connectivity index (χ0v) is 14.2. The average molecular weight is 344 g/mol. The number of nitrogens with zero attached hydrogens (tertiary/aromatic N) is 2. The number of halogens is 2. The van der Waals surface area contributed by atoms with Gasteiger partial charge in [0.05, 0.1) is 11.1 Å². The van der Waals surface area contributed by atoms with E-state index in [2.05, 4.69) is 11.9 Å². The van der Waals surface area contributed by atoms with E-state index >= 15 is 0 Å². The van der Waals surface area contributed by atoms with Crippen molar-refractivity contribution in [2.45, 2.75) is 51.2 Å². The fourth-order valence-electron chi connectivity index (χ4n) is 2.93. The van der Waals surface area contributed by atoms with Crippen molar-refractivity contribution in [1.29, 1.82) is 0 Å². The number of fused-ring (bicyclic) bond motifs is 3. The van der Waals surface area contributed by atoms with E-state index in [-0.39, 0.29) is 11.3 Å². The molecule has 2 aromatic rings. The first-order valence-electron chi connectivity index (χ1n) is 7.47. The third kappa shape index (κ3) is 2.80. The lowest BCUT2D eigenvalue weighted by molar-refractivity contribution is 0.176. The SMILES string of the molecule is CCn1c(SCC(F)F)nc2sc3c(c2c1=O)CCC(C)C3. The van der Waals surface area contributed by atoms with Crippen LogP contribution in [0.3, 0.4) is 0 Å². The standard InChI is InChI=1S/C15H18F2N2OS2/c1-3-19-14(20)12-9-5-4-8(2)6-10(9)22-13(12)18-15(19)21-7-11(16)17/h8,11H,3-7H2,1-2H3. The predicted molar refractivity (Wildman–Crippen MR) is 87.5 cm³/mol. The van der Waals surface area contributed by atoms with Gasteiger partial charge >= 0.3 is 0 Å². The van der Waals surface area contributed by atoms with Crippen LogP contribution in [-0.4, -0.2) is 21.7 Å². The zero-order valence-electron chi connectivity index (χ0n) is 12.6. The van der Waals surface area contributed by atoms with Crippen LogP contribution in [0.15, 0.2) is 9.95 Å². The highest BCUT2D eigenvalue weighted by Crippen LogP contribution is 2.36. The molecule has 1 atom stereocenters. The van der Waals surface area contributed by atoms with Gasteiger partial charge in [-0.1, -0.05) is 18.7 Å². The minimum Gasteiger partial charge on any atom is -0.287 e. The summed E-state index contributed by atoms with van der Waals surface area (Å²) in [4.78, 5) is 19.2. The Hall–Kier alpha value is -0.950. The smallest absolute Gasteiger partial charge is 0.263 e. The fourth-order valence-corrected chi connectivity index (χ4v) is 5.16. The number of rotatable bonds is 4. The summed E-state index contributed by atoms with van der Waals surface area (Å²) in [6, 6.07) is 0. The highest BCUT2D eigenvalue weighted by Gasteiger charge is 2.24. The number of alkyl halides is 2. The Labute approximate surface area is 135 Å². The maximum absolute atomic E-state index is 12.8. The molecule has 3 nitrogen and oxygen atoms in total. The molecule has 0 bridgehead atoms. The van der Waals surface area contributed by atoms with Crippen molar-refractivity contribution in [2.24, 2.45) is 5.92 Å². The topological polar surface area (TPSA) is 34.9 Å². The lowest BCUT2D eigenvalue weighted by Gasteiger charge is -2.17. The summed E-state index contributed by atoms with van der Waals surface area (Å²) >= 11 is 2.52. The normalized spacial score (nSPS) is 18.1. The van der Waals surface area contributed by atoms with E-state index in [4.69, 9.17) is 0 Å². The Morgan fingerprint density at radius 2 is 2.27 bits per heavy atom. The van der Waals surface area contributed by atoms with E-state index in [9.17, 15) is 13.6 Å². The molecule has 120 valence electrons. The molecule has 0 fully saturated rings. The number of thiophene rings is 1. The van der Waals surface area contributed by atoms with Crippen LogP contribution in [0.5, 0.6) is 0 Å². The summed E-state index contributed by atoms with van der Waals surface area (Å²) in [7, 11) is 0. The van der Waals surface area contributed by atoms with Crippen LogP contribution >= 0.6 is 23.1 Å². The molecule has 0 amide bonds. The molecule has 0 radical (unpaired) electrons. The van der Waals surface area contributed by atoms with E-state index in [1.807, 2.05) is 6.92 Å². The molecule has 2 aromatic heterocycles. The Morgan fingerprint density at radius 3 is 2.95 bits per heavy atom. The van der Waals surface area contributed by atoms with Gasteiger partial charge < -0.3 is 0 Å².